The number of aliphatic hydroxyl groups excluding tert-OH is 1. The lowest BCUT2D eigenvalue weighted by atomic mass is 9.99. The fraction of sp³-hybridized carbons (Fsp3) is 0.571. The highest BCUT2D eigenvalue weighted by Crippen LogP contribution is 2.25. The van der Waals surface area contributed by atoms with Gasteiger partial charge in [-0.15, -0.1) is 0 Å². The van der Waals surface area contributed by atoms with Crippen LogP contribution in [-0.2, 0) is 4.74 Å². The third-order valence-corrected chi connectivity index (χ3v) is 3.35. The van der Waals surface area contributed by atoms with Gasteiger partial charge in [0.1, 0.15) is 11.6 Å². The Kier molecular flexibility index (Phi) is 4.66. The molecular formula is C14H18F2O2. The van der Waals surface area contributed by atoms with Crippen LogP contribution in [0.2, 0.25) is 0 Å². The smallest absolute Gasteiger partial charge is 0.129 e. The highest BCUT2D eigenvalue weighted by molar-refractivity contribution is 5.20. The zero-order valence-corrected chi connectivity index (χ0v) is 10.2. The van der Waals surface area contributed by atoms with Crippen molar-refractivity contribution in [3.05, 3.63) is 35.4 Å². The van der Waals surface area contributed by atoms with Crippen LogP contribution in [0.5, 0.6) is 0 Å². The fourth-order valence-electron chi connectivity index (χ4n) is 2.30. The van der Waals surface area contributed by atoms with Crippen LogP contribution in [0.25, 0.3) is 0 Å². The lowest BCUT2D eigenvalue weighted by molar-refractivity contribution is 0.00188. The summed E-state index contributed by atoms with van der Waals surface area (Å²) in [5, 5.41) is 9.89. The van der Waals surface area contributed by atoms with Gasteiger partial charge in [0.25, 0.3) is 0 Å². The Morgan fingerprint density at radius 3 is 2.89 bits per heavy atom. The minimum Gasteiger partial charge on any atom is -0.388 e. The molecule has 1 aliphatic heterocycles. The number of ether oxygens (including phenoxy) is 1. The van der Waals surface area contributed by atoms with E-state index in [0.29, 0.717) is 12.8 Å². The molecular weight excluding hydrogens is 238 g/mol. The minimum absolute atomic E-state index is 0.0332. The Morgan fingerprint density at radius 1 is 1.33 bits per heavy atom. The van der Waals surface area contributed by atoms with Crippen LogP contribution in [0.3, 0.4) is 0 Å². The summed E-state index contributed by atoms with van der Waals surface area (Å²) in [6.45, 7) is 0.759. The van der Waals surface area contributed by atoms with Crippen LogP contribution >= 0.6 is 0 Å². The second-order valence-corrected chi connectivity index (χ2v) is 4.75. The van der Waals surface area contributed by atoms with Gasteiger partial charge in [-0.2, -0.15) is 0 Å². The maximum absolute atomic E-state index is 13.4. The van der Waals surface area contributed by atoms with E-state index >= 15 is 0 Å². The van der Waals surface area contributed by atoms with Gasteiger partial charge >= 0.3 is 0 Å². The predicted molar refractivity (Wildman–Crippen MR) is 64.1 cm³/mol. The normalized spacial score (nSPS) is 21.8. The first-order valence-corrected chi connectivity index (χ1v) is 6.41. The van der Waals surface area contributed by atoms with Crippen LogP contribution in [-0.4, -0.2) is 17.8 Å². The van der Waals surface area contributed by atoms with Crippen molar-refractivity contribution in [3.63, 3.8) is 0 Å². The lowest BCUT2D eigenvalue weighted by Gasteiger charge is -2.23. The van der Waals surface area contributed by atoms with Crippen molar-refractivity contribution in [2.75, 3.05) is 6.61 Å². The summed E-state index contributed by atoms with van der Waals surface area (Å²) in [5.74, 6) is -1.09. The van der Waals surface area contributed by atoms with Crippen molar-refractivity contribution >= 4 is 0 Å². The number of hydrogen-bond donors (Lipinski definition) is 1. The molecule has 1 saturated heterocycles. The van der Waals surface area contributed by atoms with E-state index in [9.17, 15) is 13.9 Å². The molecule has 0 saturated carbocycles. The highest BCUT2D eigenvalue weighted by Gasteiger charge is 2.18. The Hall–Kier alpha value is -1.00. The molecule has 0 radical (unpaired) electrons. The maximum atomic E-state index is 13.4. The number of halogens is 2. The van der Waals surface area contributed by atoms with Crippen molar-refractivity contribution in [1.82, 2.24) is 0 Å². The first kappa shape index (κ1) is 13.4. The van der Waals surface area contributed by atoms with Gasteiger partial charge in [-0.3, -0.25) is 0 Å². The molecule has 2 nitrogen and oxygen atoms in total. The molecule has 1 aliphatic rings. The Bertz CT molecular complexity index is 389. The summed E-state index contributed by atoms with van der Waals surface area (Å²) in [6, 6.07) is 3.16. The van der Waals surface area contributed by atoms with Gasteiger partial charge in [-0.25, -0.2) is 8.78 Å². The molecule has 100 valence electrons. The first-order chi connectivity index (χ1) is 8.66. The largest absolute Gasteiger partial charge is 0.388 e. The molecule has 0 spiro atoms. The second kappa shape index (κ2) is 6.25. The molecule has 1 aromatic rings. The standard InChI is InChI=1S/C14H18F2O2/c15-10-4-6-13(16)12(9-10)14(17)7-5-11-3-1-2-8-18-11/h4,6,9,11,14,17H,1-3,5,7-8H2. The average molecular weight is 256 g/mol. The van der Waals surface area contributed by atoms with E-state index in [1.54, 1.807) is 0 Å². The molecule has 0 aliphatic carbocycles. The lowest BCUT2D eigenvalue weighted by Crippen LogP contribution is -2.19. The van der Waals surface area contributed by atoms with Gasteiger partial charge < -0.3 is 9.84 Å². The van der Waals surface area contributed by atoms with E-state index in [1.165, 1.54) is 0 Å². The Labute approximate surface area is 106 Å². The number of hydrogen-bond acceptors (Lipinski definition) is 2. The van der Waals surface area contributed by atoms with Gasteiger partial charge in [0.05, 0.1) is 12.2 Å². The minimum atomic E-state index is -0.966. The average Bonchev–Trinajstić information content (AvgIpc) is 2.40. The van der Waals surface area contributed by atoms with Crippen molar-refractivity contribution < 1.29 is 18.6 Å². The summed E-state index contributed by atoms with van der Waals surface area (Å²) in [4.78, 5) is 0. The molecule has 1 heterocycles. The van der Waals surface area contributed by atoms with Gasteiger partial charge in [0, 0.05) is 12.2 Å². The number of aliphatic hydroxyl groups is 1. The number of benzene rings is 1. The molecule has 4 heteroatoms. The second-order valence-electron chi connectivity index (χ2n) is 4.75. The third kappa shape index (κ3) is 3.50. The van der Waals surface area contributed by atoms with E-state index in [0.717, 1.165) is 44.1 Å². The van der Waals surface area contributed by atoms with Crippen molar-refractivity contribution in [1.29, 1.82) is 0 Å². The topological polar surface area (TPSA) is 29.5 Å². The third-order valence-electron chi connectivity index (χ3n) is 3.35. The molecule has 18 heavy (non-hydrogen) atoms. The van der Waals surface area contributed by atoms with Gasteiger partial charge in [0.15, 0.2) is 0 Å². The molecule has 2 rings (SSSR count). The number of rotatable bonds is 4. The quantitative estimate of drug-likeness (QED) is 0.895. The van der Waals surface area contributed by atoms with E-state index in [4.69, 9.17) is 4.74 Å². The van der Waals surface area contributed by atoms with Crippen LogP contribution < -0.4 is 0 Å². The Balaban J connectivity index is 1.90. The molecule has 0 aromatic heterocycles. The molecule has 1 aromatic carbocycles. The van der Waals surface area contributed by atoms with Crippen LogP contribution in [0.15, 0.2) is 18.2 Å². The zero-order valence-electron chi connectivity index (χ0n) is 10.2. The monoisotopic (exact) mass is 256 g/mol. The summed E-state index contributed by atoms with van der Waals surface area (Å²) < 4.78 is 32.0. The summed E-state index contributed by atoms with van der Waals surface area (Å²) in [6.07, 6.45) is 3.45. The van der Waals surface area contributed by atoms with Crippen LogP contribution in [0.1, 0.15) is 43.8 Å². The molecule has 2 unspecified atom stereocenters. The molecule has 0 amide bonds. The van der Waals surface area contributed by atoms with E-state index < -0.39 is 17.7 Å². The van der Waals surface area contributed by atoms with Crippen molar-refractivity contribution in [2.24, 2.45) is 0 Å². The van der Waals surface area contributed by atoms with E-state index in [-0.39, 0.29) is 11.7 Å². The summed E-state index contributed by atoms with van der Waals surface area (Å²) in [7, 11) is 0. The van der Waals surface area contributed by atoms with Crippen molar-refractivity contribution in [2.45, 2.75) is 44.3 Å². The fourth-order valence-corrected chi connectivity index (χ4v) is 2.30. The van der Waals surface area contributed by atoms with Gasteiger partial charge in [-0.05, 0) is 50.3 Å². The molecule has 0 bridgehead atoms. The van der Waals surface area contributed by atoms with Crippen LogP contribution in [0.4, 0.5) is 8.78 Å². The zero-order chi connectivity index (χ0) is 13.0. The van der Waals surface area contributed by atoms with E-state index in [2.05, 4.69) is 0 Å². The SMILES string of the molecule is OC(CCC1CCCCO1)c1cc(F)ccc1F. The highest BCUT2D eigenvalue weighted by atomic mass is 19.1. The predicted octanol–water partition coefficient (Wildman–Crippen LogP) is 3.35. The van der Waals surface area contributed by atoms with Gasteiger partial charge in [0.2, 0.25) is 0 Å². The Morgan fingerprint density at radius 2 is 2.17 bits per heavy atom. The molecule has 1 N–H and O–H groups in total. The molecule has 2 atom stereocenters. The maximum Gasteiger partial charge on any atom is 0.129 e. The van der Waals surface area contributed by atoms with Crippen molar-refractivity contribution in [3.8, 4) is 0 Å². The summed E-state index contributed by atoms with van der Waals surface area (Å²) in [5.41, 5.74) is 0.0332. The van der Waals surface area contributed by atoms with Gasteiger partial charge in [-0.1, -0.05) is 0 Å². The van der Waals surface area contributed by atoms with E-state index in [1.807, 2.05) is 0 Å². The molecule has 1 fully saturated rings. The first-order valence-electron chi connectivity index (χ1n) is 6.41. The van der Waals surface area contributed by atoms with Crippen LogP contribution in [0, 0.1) is 11.6 Å². The summed E-state index contributed by atoms with van der Waals surface area (Å²) >= 11 is 0.